The monoisotopic (exact) mass is 402 g/mol. The van der Waals surface area contributed by atoms with Crippen molar-refractivity contribution in [2.45, 2.75) is 72.1 Å². The summed E-state index contributed by atoms with van der Waals surface area (Å²) in [6.45, 7) is 8.05. The van der Waals surface area contributed by atoms with Crippen LogP contribution >= 0.6 is 0 Å². The lowest BCUT2D eigenvalue weighted by Crippen LogP contribution is -2.21. The Morgan fingerprint density at radius 2 is 1.83 bits per heavy atom. The summed E-state index contributed by atoms with van der Waals surface area (Å²) >= 11 is 0. The topological polar surface area (TPSA) is 61.2 Å². The molecule has 0 aliphatic heterocycles. The summed E-state index contributed by atoms with van der Waals surface area (Å²) in [6.07, 6.45) is 6.29. The van der Waals surface area contributed by atoms with Crippen LogP contribution in [-0.4, -0.2) is 29.3 Å². The van der Waals surface area contributed by atoms with Gasteiger partial charge in [0.1, 0.15) is 5.82 Å². The second-order valence-electron chi connectivity index (χ2n) is 7.18. The predicted molar refractivity (Wildman–Crippen MR) is 111 cm³/mol. The van der Waals surface area contributed by atoms with Gasteiger partial charge in [0.25, 0.3) is 12.4 Å². The smallest absolute Gasteiger partial charge is 0.292 e. The van der Waals surface area contributed by atoms with Gasteiger partial charge in [-0.2, -0.15) is 5.10 Å². The number of benzene rings is 1. The molecule has 2 aliphatic rings. The number of hydrogen-bond donors (Lipinski definition) is 0. The maximum absolute atomic E-state index is 14.1. The SMILES string of the molecule is CC.COC=O.Cc1nn(C(=O)c2c(C3CC3)ccc(F)c2C)c2c1CCCC2. The van der Waals surface area contributed by atoms with Gasteiger partial charge in [0.15, 0.2) is 0 Å². The van der Waals surface area contributed by atoms with E-state index < -0.39 is 0 Å². The molecule has 0 atom stereocenters. The van der Waals surface area contributed by atoms with Crippen molar-refractivity contribution < 1.29 is 18.7 Å². The second-order valence-corrected chi connectivity index (χ2v) is 7.18. The predicted octanol–water partition coefficient (Wildman–Crippen LogP) is 4.90. The largest absolute Gasteiger partial charge is 0.471 e. The van der Waals surface area contributed by atoms with Gasteiger partial charge in [-0.3, -0.25) is 9.59 Å². The van der Waals surface area contributed by atoms with E-state index in [1.54, 1.807) is 17.7 Å². The van der Waals surface area contributed by atoms with Crippen molar-refractivity contribution in [3.63, 3.8) is 0 Å². The molecule has 5 nitrogen and oxygen atoms in total. The first-order valence-electron chi connectivity index (χ1n) is 10.4. The van der Waals surface area contributed by atoms with E-state index >= 15 is 0 Å². The molecule has 1 saturated carbocycles. The van der Waals surface area contributed by atoms with Crippen LogP contribution in [0.2, 0.25) is 0 Å². The molecule has 1 heterocycles. The van der Waals surface area contributed by atoms with Crippen LogP contribution in [0, 0.1) is 19.7 Å². The van der Waals surface area contributed by atoms with Crippen LogP contribution < -0.4 is 0 Å². The third kappa shape index (κ3) is 4.92. The number of hydrogen-bond acceptors (Lipinski definition) is 4. The van der Waals surface area contributed by atoms with Gasteiger partial charge in [0.2, 0.25) is 0 Å². The molecule has 0 N–H and O–H groups in total. The first-order valence-corrected chi connectivity index (χ1v) is 10.4. The molecular weight excluding hydrogens is 371 g/mol. The number of aromatic nitrogens is 2. The molecule has 0 unspecified atom stereocenters. The molecule has 0 spiro atoms. The van der Waals surface area contributed by atoms with E-state index in [1.165, 1.54) is 18.7 Å². The molecule has 1 aromatic heterocycles. The van der Waals surface area contributed by atoms with Crippen LogP contribution in [0.15, 0.2) is 12.1 Å². The van der Waals surface area contributed by atoms with Crippen LogP contribution in [0.4, 0.5) is 4.39 Å². The van der Waals surface area contributed by atoms with Crippen molar-refractivity contribution in [1.82, 2.24) is 9.78 Å². The van der Waals surface area contributed by atoms with E-state index in [4.69, 9.17) is 4.79 Å². The van der Waals surface area contributed by atoms with E-state index in [9.17, 15) is 9.18 Å². The molecule has 1 aromatic carbocycles. The molecule has 2 aromatic rings. The van der Waals surface area contributed by atoms with Crippen molar-refractivity contribution in [2.75, 3.05) is 7.11 Å². The zero-order chi connectivity index (χ0) is 21.6. The van der Waals surface area contributed by atoms with E-state index in [2.05, 4.69) is 9.84 Å². The summed E-state index contributed by atoms with van der Waals surface area (Å²) in [5.41, 5.74) is 5.16. The summed E-state index contributed by atoms with van der Waals surface area (Å²) in [7, 11) is 1.31. The summed E-state index contributed by atoms with van der Waals surface area (Å²) in [4.78, 5) is 22.1. The molecule has 1 fully saturated rings. The fourth-order valence-electron chi connectivity index (χ4n) is 3.78. The maximum Gasteiger partial charge on any atom is 0.292 e. The van der Waals surface area contributed by atoms with Crippen molar-refractivity contribution in [1.29, 1.82) is 0 Å². The van der Waals surface area contributed by atoms with Crippen molar-refractivity contribution in [3.8, 4) is 0 Å². The number of aryl methyl sites for hydroxylation is 1. The quantitative estimate of drug-likeness (QED) is 0.685. The van der Waals surface area contributed by atoms with Crippen LogP contribution in [-0.2, 0) is 22.4 Å². The summed E-state index contributed by atoms with van der Waals surface area (Å²) < 4.78 is 19.5. The zero-order valence-corrected chi connectivity index (χ0v) is 18.0. The fourth-order valence-corrected chi connectivity index (χ4v) is 3.78. The fraction of sp³-hybridized carbons (Fsp3) is 0.522. The Bertz CT molecular complexity index is 869. The maximum atomic E-state index is 14.1. The Labute approximate surface area is 172 Å². The van der Waals surface area contributed by atoms with Crippen molar-refractivity contribution >= 4 is 12.4 Å². The van der Waals surface area contributed by atoms with Crippen molar-refractivity contribution in [2.24, 2.45) is 0 Å². The van der Waals surface area contributed by atoms with E-state index in [1.807, 2.05) is 20.8 Å². The molecular formula is C23H31FN2O3. The number of carbonyl (C=O) groups is 2. The van der Waals surface area contributed by atoms with Crippen LogP contribution in [0.5, 0.6) is 0 Å². The third-order valence-electron chi connectivity index (χ3n) is 5.33. The Morgan fingerprint density at radius 3 is 2.41 bits per heavy atom. The minimum absolute atomic E-state index is 0.157. The average Bonchev–Trinajstić information content (AvgIpc) is 3.55. The number of nitrogens with zero attached hydrogens (tertiary/aromatic N) is 2. The second kappa shape index (κ2) is 10.3. The van der Waals surface area contributed by atoms with Gasteiger partial charge in [-0.25, -0.2) is 9.07 Å². The minimum atomic E-state index is -0.310. The van der Waals surface area contributed by atoms with E-state index in [0.717, 1.165) is 55.5 Å². The molecule has 6 heteroatoms. The summed E-state index contributed by atoms with van der Waals surface area (Å²) in [5.74, 6) is -0.0635. The first-order chi connectivity index (χ1) is 14.0. The van der Waals surface area contributed by atoms with Gasteiger partial charge in [0, 0.05) is 0 Å². The number of ether oxygens (including phenoxy) is 1. The Balaban J connectivity index is 0.000000449. The van der Waals surface area contributed by atoms with Gasteiger partial charge in [0.05, 0.1) is 24.1 Å². The summed E-state index contributed by atoms with van der Waals surface area (Å²) in [6, 6.07) is 3.28. The van der Waals surface area contributed by atoms with E-state index in [-0.39, 0.29) is 11.7 Å². The Hall–Kier alpha value is -2.50. The molecule has 0 radical (unpaired) electrons. The standard InChI is InChI=1S/C19H21FN2O.C2H4O2.C2H6/c1-11-16(20)10-9-15(13-7-8-13)18(11)19(23)22-17-6-4-3-5-14(17)12(2)21-22;1-4-2-3;1-2/h9-10,13H,3-8H2,1-2H3;2H,1H3;1-2H3. The number of halogens is 1. The van der Waals surface area contributed by atoms with Gasteiger partial charge >= 0.3 is 0 Å². The highest BCUT2D eigenvalue weighted by Gasteiger charge is 2.32. The zero-order valence-electron chi connectivity index (χ0n) is 18.0. The molecule has 0 amide bonds. The lowest BCUT2D eigenvalue weighted by atomic mass is 9.95. The van der Waals surface area contributed by atoms with E-state index in [0.29, 0.717) is 23.5 Å². The number of methoxy groups -OCH3 is 1. The molecule has 4 rings (SSSR count). The van der Waals surface area contributed by atoms with Gasteiger partial charge in [-0.05, 0) is 81.0 Å². The number of fused-ring (bicyclic) bond motifs is 1. The number of rotatable bonds is 3. The molecule has 2 aliphatic carbocycles. The van der Waals surface area contributed by atoms with Crippen LogP contribution in [0.25, 0.3) is 0 Å². The Kier molecular flexibility index (Phi) is 8.11. The van der Waals surface area contributed by atoms with Crippen LogP contribution in [0.3, 0.4) is 0 Å². The van der Waals surface area contributed by atoms with Crippen molar-refractivity contribution in [3.05, 3.63) is 51.6 Å². The molecule has 0 saturated heterocycles. The van der Waals surface area contributed by atoms with Crippen LogP contribution in [0.1, 0.15) is 83.9 Å². The lowest BCUT2D eigenvalue weighted by molar-refractivity contribution is -0.126. The first kappa shape index (κ1) is 22.8. The highest BCUT2D eigenvalue weighted by molar-refractivity contribution is 5.99. The normalized spacial score (nSPS) is 14.6. The average molecular weight is 403 g/mol. The Morgan fingerprint density at radius 1 is 1.21 bits per heavy atom. The summed E-state index contributed by atoms with van der Waals surface area (Å²) in [5, 5.41) is 4.50. The number of carbonyl (C=O) groups excluding carboxylic acids is 2. The highest BCUT2D eigenvalue weighted by Crippen LogP contribution is 2.43. The molecule has 158 valence electrons. The van der Waals surface area contributed by atoms with Gasteiger partial charge in [-0.1, -0.05) is 19.9 Å². The highest BCUT2D eigenvalue weighted by atomic mass is 19.1. The third-order valence-corrected chi connectivity index (χ3v) is 5.33. The molecule has 0 bridgehead atoms. The van der Waals surface area contributed by atoms with Gasteiger partial charge < -0.3 is 4.74 Å². The van der Waals surface area contributed by atoms with Gasteiger partial charge in [-0.15, -0.1) is 0 Å². The molecule has 29 heavy (non-hydrogen) atoms. The minimum Gasteiger partial charge on any atom is -0.471 e. The lowest BCUT2D eigenvalue weighted by Gasteiger charge is -2.16.